The maximum Gasteiger partial charge on any atom is 0.278 e. The summed E-state index contributed by atoms with van der Waals surface area (Å²) in [6.07, 6.45) is 2.18. The minimum atomic E-state index is -0.349. The number of aromatic amines is 1. The lowest BCUT2D eigenvalue weighted by Gasteiger charge is -2.07. The van der Waals surface area contributed by atoms with E-state index in [2.05, 4.69) is 20.5 Å². The molecule has 0 saturated heterocycles. The van der Waals surface area contributed by atoms with E-state index in [9.17, 15) is 4.79 Å². The van der Waals surface area contributed by atoms with E-state index in [1.54, 1.807) is 19.1 Å². The van der Waals surface area contributed by atoms with Crippen molar-refractivity contribution in [2.45, 2.75) is 25.7 Å². The molecule has 1 aliphatic carbocycles. The van der Waals surface area contributed by atoms with Gasteiger partial charge in [-0.1, -0.05) is 11.6 Å². The van der Waals surface area contributed by atoms with Gasteiger partial charge in [0.05, 0.1) is 22.8 Å². The fourth-order valence-corrected chi connectivity index (χ4v) is 2.25. The number of carbonyl (C=O) groups is 1. The molecule has 1 fully saturated rings. The molecule has 0 aliphatic heterocycles. The van der Waals surface area contributed by atoms with Crippen LogP contribution in [0.4, 0.5) is 11.4 Å². The Kier molecular flexibility index (Phi) is 3.10. The van der Waals surface area contributed by atoms with Crippen LogP contribution in [0.25, 0.3) is 0 Å². The summed E-state index contributed by atoms with van der Waals surface area (Å²) in [5.41, 5.74) is 8.72. The summed E-state index contributed by atoms with van der Waals surface area (Å²) in [6.45, 7) is 1.77. The molecular weight excluding hydrogens is 278 g/mol. The van der Waals surface area contributed by atoms with Crippen molar-refractivity contribution < 1.29 is 4.79 Å². The number of amides is 1. The zero-order valence-corrected chi connectivity index (χ0v) is 11.7. The van der Waals surface area contributed by atoms with Crippen molar-refractivity contribution >= 4 is 28.9 Å². The number of aryl methyl sites for hydroxylation is 1. The Morgan fingerprint density at radius 2 is 2.25 bits per heavy atom. The molecule has 0 unspecified atom stereocenters. The molecular formula is C13H14ClN5O. The highest BCUT2D eigenvalue weighted by Crippen LogP contribution is 2.42. The van der Waals surface area contributed by atoms with Gasteiger partial charge in [0, 0.05) is 5.92 Å². The van der Waals surface area contributed by atoms with E-state index in [4.69, 9.17) is 17.3 Å². The topological polar surface area (TPSA) is 96.7 Å². The third kappa shape index (κ3) is 2.34. The first-order valence-electron chi connectivity index (χ1n) is 6.34. The summed E-state index contributed by atoms with van der Waals surface area (Å²) < 4.78 is 0. The van der Waals surface area contributed by atoms with Gasteiger partial charge in [0.15, 0.2) is 5.69 Å². The standard InChI is InChI=1S/C13H14ClN5O/c1-6-8(4-5-9(14)16-6)17-13(20)12-10(15)11(18-19-12)7-2-3-7/h4-5,7H,2-3,15H2,1H3,(H,17,20)(H,18,19). The molecule has 1 aliphatic rings. The first kappa shape index (κ1) is 12.9. The van der Waals surface area contributed by atoms with Crippen LogP contribution in [0.3, 0.4) is 0 Å². The fraction of sp³-hybridized carbons (Fsp3) is 0.308. The molecule has 7 heteroatoms. The Bertz CT molecular complexity index is 677. The number of aromatic nitrogens is 3. The molecule has 6 nitrogen and oxygen atoms in total. The number of rotatable bonds is 3. The lowest BCUT2D eigenvalue weighted by molar-refractivity contribution is 0.102. The number of nitrogens with one attached hydrogen (secondary N) is 2. The number of halogens is 1. The van der Waals surface area contributed by atoms with Crippen LogP contribution in [0.2, 0.25) is 5.15 Å². The van der Waals surface area contributed by atoms with Gasteiger partial charge in [-0.25, -0.2) is 4.98 Å². The predicted molar refractivity (Wildman–Crippen MR) is 76.9 cm³/mol. The van der Waals surface area contributed by atoms with Crippen LogP contribution in [0.15, 0.2) is 12.1 Å². The van der Waals surface area contributed by atoms with Crippen molar-refractivity contribution in [2.75, 3.05) is 11.1 Å². The van der Waals surface area contributed by atoms with E-state index in [-0.39, 0.29) is 11.6 Å². The van der Waals surface area contributed by atoms with E-state index >= 15 is 0 Å². The van der Waals surface area contributed by atoms with Crippen molar-refractivity contribution in [3.63, 3.8) is 0 Å². The zero-order chi connectivity index (χ0) is 14.3. The van der Waals surface area contributed by atoms with Gasteiger partial charge in [-0.3, -0.25) is 9.89 Å². The second kappa shape index (κ2) is 4.79. The van der Waals surface area contributed by atoms with Gasteiger partial charge in [0.25, 0.3) is 5.91 Å². The van der Waals surface area contributed by atoms with Gasteiger partial charge in [-0.15, -0.1) is 0 Å². The maximum atomic E-state index is 12.2. The molecule has 1 amide bonds. The first-order valence-corrected chi connectivity index (χ1v) is 6.72. The lowest BCUT2D eigenvalue weighted by Crippen LogP contribution is -2.15. The van der Waals surface area contributed by atoms with Crippen LogP contribution >= 0.6 is 11.6 Å². The number of anilines is 2. The summed E-state index contributed by atoms with van der Waals surface area (Å²) in [5.74, 6) is 0.0702. The smallest absolute Gasteiger partial charge is 0.278 e. The molecule has 0 spiro atoms. The highest BCUT2D eigenvalue weighted by Gasteiger charge is 2.30. The molecule has 2 heterocycles. The Morgan fingerprint density at radius 1 is 1.50 bits per heavy atom. The zero-order valence-electron chi connectivity index (χ0n) is 10.9. The summed E-state index contributed by atoms with van der Waals surface area (Å²) in [5, 5.41) is 10.00. The Labute approximate surface area is 120 Å². The number of carbonyl (C=O) groups excluding carboxylic acids is 1. The number of pyridine rings is 1. The van der Waals surface area contributed by atoms with Crippen LogP contribution in [0, 0.1) is 6.92 Å². The van der Waals surface area contributed by atoms with Crippen LogP contribution in [-0.2, 0) is 0 Å². The van der Waals surface area contributed by atoms with Gasteiger partial charge in [-0.2, -0.15) is 5.10 Å². The number of hydrogen-bond acceptors (Lipinski definition) is 4. The fourth-order valence-electron chi connectivity index (χ4n) is 2.06. The largest absolute Gasteiger partial charge is 0.395 e. The van der Waals surface area contributed by atoms with Gasteiger partial charge >= 0.3 is 0 Å². The van der Waals surface area contributed by atoms with E-state index < -0.39 is 0 Å². The quantitative estimate of drug-likeness (QED) is 0.757. The number of nitrogens with two attached hydrogens (primary N) is 1. The lowest BCUT2D eigenvalue weighted by atomic mass is 10.2. The maximum absolute atomic E-state index is 12.2. The molecule has 2 aromatic heterocycles. The Balaban J connectivity index is 1.82. The number of nitrogen functional groups attached to an aromatic ring is 1. The monoisotopic (exact) mass is 291 g/mol. The average Bonchev–Trinajstić information content (AvgIpc) is 3.16. The van der Waals surface area contributed by atoms with Crippen molar-refractivity contribution in [3.8, 4) is 0 Å². The molecule has 2 aromatic rings. The van der Waals surface area contributed by atoms with Crippen LogP contribution in [0.5, 0.6) is 0 Å². The normalized spacial score (nSPS) is 14.3. The van der Waals surface area contributed by atoms with E-state index in [0.29, 0.717) is 28.1 Å². The third-order valence-electron chi connectivity index (χ3n) is 3.33. The molecule has 0 bridgehead atoms. The number of nitrogens with zero attached hydrogens (tertiary/aromatic N) is 2. The van der Waals surface area contributed by atoms with Crippen LogP contribution in [0.1, 0.15) is 40.6 Å². The average molecular weight is 292 g/mol. The number of H-pyrrole nitrogens is 1. The van der Waals surface area contributed by atoms with Crippen molar-refractivity contribution in [2.24, 2.45) is 0 Å². The van der Waals surface area contributed by atoms with E-state index in [1.807, 2.05) is 0 Å². The van der Waals surface area contributed by atoms with Crippen LogP contribution < -0.4 is 11.1 Å². The SMILES string of the molecule is Cc1nc(Cl)ccc1NC(=O)c1n[nH]c(C2CC2)c1N. The Hall–Kier alpha value is -2.08. The summed E-state index contributed by atoms with van der Waals surface area (Å²) in [7, 11) is 0. The minimum absolute atomic E-state index is 0.223. The molecule has 3 rings (SSSR count). The summed E-state index contributed by atoms with van der Waals surface area (Å²) in [6, 6.07) is 3.32. The molecule has 1 saturated carbocycles. The molecule has 0 radical (unpaired) electrons. The van der Waals surface area contributed by atoms with Crippen molar-refractivity contribution in [1.82, 2.24) is 15.2 Å². The molecule has 0 aromatic carbocycles. The van der Waals surface area contributed by atoms with Crippen LogP contribution in [-0.4, -0.2) is 21.1 Å². The first-order chi connectivity index (χ1) is 9.56. The van der Waals surface area contributed by atoms with E-state index in [1.165, 1.54) is 0 Å². The molecule has 0 atom stereocenters. The second-order valence-electron chi connectivity index (χ2n) is 4.89. The van der Waals surface area contributed by atoms with E-state index in [0.717, 1.165) is 18.5 Å². The highest BCUT2D eigenvalue weighted by atomic mass is 35.5. The molecule has 4 N–H and O–H groups in total. The second-order valence-corrected chi connectivity index (χ2v) is 5.28. The van der Waals surface area contributed by atoms with Gasteiger partial charge in [-0.05, 0) is 31.9 Å². The van der Waals surface area contributed by atoms with Crippen molar-refractivity contribution in [1.29, 1.82) is 0 Å². The summed E-state index contributed by atoms with van der Waals surface area (Å²) >= 11 is 5.78. The molecule has 20 heavy (non-hydrogen) atoms. The van der Waals surface area contributed by atoms with Gasteiger partial charge < -0.3 is 11.1 Å². The predicted octanol–water partition coefficient (Wildman–Crippen LogP) is 2.48. The Morgan fingerprint density at radius 3 is 2.90 bits per heavy atom. The highest BCUT2D eigenvalue weighted by molar-refractivity contribution is 6.29. The van der Waals surface area contributed by atoms with Crippen molar-refractivity contribution in [3.05, 3.63) is 34.4 Å². The summed E-state index contributed by atoms with van der Waals surface area (Å²) in [4.78, 5) is 16.3. The number of hydrogen-bond donors (Lipinski definition) is 3. The minimum Gasteiger partial charge on any atom is -0.395 e. The third-order valence-corrected chi connectivity index (χ3v) is 3.54. The molecule has 104 valence electrons. The van der Waals surface area contributed by atoms with Gasteiger partial charge in [0.2, 0.25) is 0 Å². The van der Waals surface area contributed by atoms with Gasteiger partial charge in [0.1, 0.15) is 5.15 Å².